The quantitative estimate of drug-likeness (QED) is 0.372. The van der Waals surface area contributed by atoms with Crippen LogP contribution in [0.5, 0.6) is 11.5 Å². The second-order valence-electron chi connectivity index (χ2n) is 4.93. The van der Waals surface area contributed by atoms with Gasteiger partial charge in [0, 0.05) is 0 Å². The first-order valence-corrected chi connectivity index (χ1v) is 6.68. The summed E-state index contributed by atoms with van der Waals surface area (Å²) >= 11 is 0. The lowest BCUT2D eigenvalue weighted by Gasteiger charge is -2.20. The lowest BCUT2D eigenvalue weighted by atomic mass is 10.1. The molecular formula is C14H18N2O7. The van der Waals surface area contributed by atoms with Gasteiger partial charge in [0.25, 0.3) is 5.91 Å². The zero-order valence-corrected chi connectivity index (χ0v) is 12.5. The Morgan fingerprint density at radius 3 is 2.22 bits per heavy atom. The maximum atomic E-state index is 12.0. The van der Waals surface area contributed by atoms with Crippen LogP contribution in [0.15, 0.2) is 18.2 Å². The fraction of sp³-hybridized carbons (Fsp3) is 0.357. The maximum Gasteiger partial charge on any atom is 0.328 e. The summed E-state index contributed by atoms with van der Waals surface area (Å²) < 4.78 is 0. The highest BCUT2D eigenvalue weighted by atomic mass is 16.4. The van der Waals surface area contributed by atoms with Crippen molar-refractivity contribution >= 4 is 17.8 Å². The van der Waals surface area contributed by atoms with Crippen molar-refractivity contribution in [1.82, 2.24) is 10.6 Å². The zero-order valence-electron chi connectivity index (χ0n) is 12.5. The van der Waals surface area contributed by atoms with Gasteiger partial charge >= 0.3 is 5.97 Å². The Balaban J connectivity index is 2.76. The van der Waals surface area contributed by atoms with Gasteiger partial charge in [-0.15, -0.1) is 0 Å². The Morgan fingerprint density at radius 1 is 1.09 bits per heavy atom. The van der Waals surface area contributed by atoms with E-state index in [1.165, 1.54) is 32.0 Å². The van der Waals surface area contributed by atoms with Crippen molar-refractivity contribution in [2.45, 2.75) is 32.0 Å². The molecule has 0 aliphatic rings. The van der Waals surface area contributed by atoms with Gasteiger partial charge in [-0.3, -0.25) is 9.59 Å². The van der Waals surface area contributed by atoms with E-state index >= 15 is 0 Å². The molecule has 0 radical (unpaired) electrons. The number of para-hydroxylation sites is 1. The van der Waals surface area contributed by atoms with Crippen LogP contribution in [0, 0.1) is 0 Å². The molecule has 0 spiro atoms. The molecule has 9 heteroatoms. The fourth-order valence-electron chi connectivity index (χ4n) is 1.72. The van der Waals surface area contributed by atoms with Crippen molar-refractivity contribution in [3.05, 3.63) is 23.8 Å². The molecule has 3 atom stereocenters. The average Bonchev–Trinajstić information content (AvgIpc) is 2.46. The largest absolute Gasteiger partial charge is 0.504 e. The molecule has 23 heavy (non-hydrogen) atoms. The van der Waals surface area contributed by atoms with E-state index in [0.29, 0.717) is 0 Å². The summed E-state index contributed by atoms with van der Waals surface area (Å²) in [6.45, 7) is 2.50. The smallest absolute Gasteiger partial charge is 0.328 e. The molecule has 1 aromatic carbocycles. The van der Waals surface area contributed by atoms with E-state index in [2.05, 4.69) is 10.6 Å². The number of phenolic OH excluding ortho intramolecular Hbond substituents is 2. The van der Waals surface area contributed by atoms with Gasteiger partial charge in [-0.1, -0.05) is 6.07 Å². The van der Waals surface area contributed by atoms with Crippen LogP contribution in [0.1, 0.15) is 24.2 Å². The van der Waals surface area contributed by atoms with Gasteiger partial charge in [-0.05, 0) is 26.0 Å². The summed E-state index contributed by atoms with van der Waals surface area (Å²) in [7, 11) is 0. The predicted octanol–water partition coefficient (Wildman–Crippen LogP) is -0.834. The number of carboxylic acid groups (broad SMARTS) is 1. The Morgan fingerprint density at radius 2 is 1.70 bits per heavy atom. The predicted molar refractivity (Wildman–Crippen MR) is 77.9 cm³/mol. The van der Waals surface area contributed by atoms with Crippen molar-refractivity contribution in [3.63, 3.8) is 0 Å². The van der Waals surface area contributed by atoms with E-state index in [1.807, 2.05) is 0 Å². The van der Waals surface area contributed by atoms with Crippen molar-refractivity contribution < 1.29 is 34.8 Å². The molecule has 0 saturated carbocycles. The Hall–Kier alpha value is -2.81. The second kappa shape index (κ2) is 7.45. The highest BCUT2D eigenvalue weighted by molar-refractivity contribution is 6.00. The molecule has 1 unspecified atom stereocenters. The Bertz CT molecular complexity index is 615. The topological polar surface area (TPSA) is 156 Å². The van der Waals surface area contributed by atoms with Crippen molar-refractivity contribution in [2.24, 2.45) is 0 Å². The monoisotopic (exact) mass is 326 g/mol. The van der Waals surface area contributed by atoms with Crippen LogP contribution in [0.3, 0.4) is 0 Å². The number of carboxylic acids is 1. The van der Waals surface area contributed by atoms with E-state index in [0.717, 1.165) is 0 Å². The number of aliphatic hydroxyl groups is 1. The summed E-state index contributed by atoms with van der Waals surface area (Å²) in [6, 6.07) is 1.11. The molecule has 0 aliphatic heterocycles. The Labute approximate surface area is 131 Å². The second-order valence-corrected chi connectivity index (χ2v) is 4.93. The number of amides is 2. The zero-order chi connectivity index (χ0) is 17.7. The minimum Gasteiger partial charge on any atom is -0.504 e. The molecule has 0 saturated heterocycles. The molecule has 1 aromatic rings. The van der Waals surface area contributed by atoms with Crippen LogP contribution < -0.4 is 10.6 Å². The first-order valence-electron chi connectivity index (χ1n) is 6.68. The number of carbonyl (C=O) groups excluding carboxylic acids is 2. The third-order valence-electron chi connectivity index (χ3n) is 3.05. The van der Waals surface area contributed by atoms with Crippen LogP contribution in [-0.4, -0.2) is 56.4 Å². The number of hydrogen-bond acceptors (Lipinski definition) is 6. The number of hydrogen-bond donors (Lipinski definition) is 6. The number of aliphatic carboxylic acids is 1. The molecule has 0 heterocycles. The SMILES string of the molecule is CC(O)[C@H](NC(=O)[C@H](C)NC(=O)c1cccc(O)c1O)C(=O)O. The van der Waals surface area contributed by atoms with Crippen LogP contribution in [0.25, 0.3) is 0 Å². The van der Waals surface area contributed by atoms with Crippen molar-refractivity contribution in [1.29, 1.82) is 0 Å². The number of phenols is 2. The average molecular weight is 326 g/mol. The molecule has 1 rings (SSSR count). The molecule has 9 nitrogen and oxygen atoms in total. The van der Waals surface area contributed by atoms with Gasteiger partial charge in [0.15, 0.2) is 17.5 Å². The minimum absolute atomic E-state index is 0.241. The third kappa shape index (κ3) is 4.58. The van der Waals surface area contributed by atoms with E-state index in [4.69, 9.17) is 5.11 Å². The van der Waals surface area contributed by atoms with E-state index < -0.39 is 47.5 Å². The first kappa shape index (κ1) is 18.2. The van der Waals surface area contributed by atoms with Gasteiger partial charge in [-0.2, -0.15) is 0 Å². The van der Waals surface area contributed by atoms with E-state index in [1.54, 1.807) is 0 Å². The van der Waals surface area contributed by atoms with E-state index in [-0.39, 0.29) is 5.56 Å². The molecule has 126 valence electrons. The first-order chi connectivity index (χ1) is 10.6. The highest BCUT2D eigenvalue weighted by Gasteiger charge is 2.28. The number of aromatic hydroxyl groups is 2. The van der Waals surface area contributed by atoms with Gasteiger partial charge in [0.2, 0.25) is 5.91 Å². The molecule has 0 bridgehead atoms. The number of aliphatic hydroxyl groups excluding tert-OH is 1. The lowest BCUT2D eigenvalue weighted by Crippen LogP contribution is -2.53. The van der Waals surface area contributed by atoms with Crippen LogP contribution in [0.4, 0.5) is 0 Å². The van der Waals surface area contributed by atoms with Gasteiger partial charge < -0.3 is 31.1 Å². The normalized spacial score (nSPS) is 14.4. The number of carbonyl (C=O) groups is 3. The van der Waals surface area contributed by atoms with Gasteiger partial charge in [-0.25, -0.2) is 4.79 Å². The number of benzene rings is 1. The lowest BCUT2D eigenvalue weighted by molar-refractivity contribution is -0.145. The minimum atomic E-state index is -1.52. The third-order valence-corrected chi connectivity index (χ3v) is 3.05. The van der Waals surface area contributed by atoms with Crippen molar-refractivity contribution in [2.75, 3.05) is 0 Å². The van der Waals surface area contributed by atoms with Crippen LogP contribution in [-0.2, 0) is 9.59 Å². The molecule has 2 amide bonds. The maximum absolute atomic E-state index is 12.0. The van der Waals surface area contributed by atoms with E-state index in [9.17, 15) is 29.7 Å². The molecule has 0 fully saturated rings. The standard InChI is InChI=1S/C14H18N2O7/c1-6(12(20)16-10(7(2)17)14(22)23)15-13(21)8-4-3-5-9(18)11(8)19/h3-7,10,17-19H,1-2H3,(H,15,21)(H,16,20)(H,22,23)/t6-,7?,10-/m0/s1. The molecule has 0 aliphatic carbocycles. The number of nitrogens with one attached hydrogen (secondary N) is 2. The summed E-state index contributed by atoms with van der Waals surface area (Å²) in [4.78, 5) is 34.7. The number of rotatable bonds is 6. The Kier molecular flexibility index (Phi) is 5.91. The molecule has 6 N–H and O–H groups in total. The van der Waals surface area contributed by atoms with Crippen LogP contribution in [0.2, 0.25) is 0 Å². The summed E-state index contributed by atoms with van der Waals surface area (Å²) in [5.41, 5.74) is -0.241. The van der Waals surface area contributed by atoms with Crippen molar-refractivity contribution in [3.8, 4) is 11.5 Å². The fourth-order valence-corrected chi connectivity index (χ4v) is 1.72. The van der Waals surface area contributed by atoms with Crippen LogP contribution >= 0.6 is 0 Å². The van der Waals surface area contributed by atoms with Gasteiger partial charge in [0.1, 0.15) is 6.04 Å². The highest BCUT2D eigenvalue weighted by Crippen LogP contribution is 2.27. The summed E-state index contributed by atoms with van der Waals surface area (Å²) in [6.07, 6.45) is -1.32. The summed E-state index contributed by atoms with van der Waals surface area (Å²) in [5, 5.41) is 41.4. The van der Waals surface area contributed by atoms with Gasteiger partial charge in [0.05, 0.1) is 11.7 Å². The molecule has 0 aromatic heterocycles. The summed E-state index contributed by atoms with van der Waals surface area (Å²) in [5.74, 6) is -4.20. The molecular weight excluding hydrogens is 308 g/mol.